The van der Waals surface area contributed by atoms with E-state index in [4.69, 9.17) is 0 Å². The van der Waals surface area contributed by atoms with Crippen molar-refractivity contribution in [1.29, 1.82) is 0 Å². The maximum absolute atomic E-state index is 14.2. The van der Waals surface area contributed by atoms with E-state index >= 15 is 0 Å². The molecular formula is C46H28F6N2Ti. The van der Waals surface area contributed by atoms with Gasteiger partial charge in [0.25, 0.3) is 0 Å². The van der Waals surface area contributed by atoms with Crippen LogP contribution in [0, 0.1) is 59.2 Å². The second-order valence-electron chi connectivity index (χ2n) is 12.0. The number of fused-ring (bicyclic) bond motifs is 6. The van der Waals surface area contributed by atoms with Crippen molar-refractivity contribution >= 4 is 43.6 Å². The molecule has 0 saturated heterocycles. The van der Waals surface area contributed by atoms with Gasteiger partial charge in [0.15, 0.2) is 0 Å². The Bertz CT molecular complexity index is 2440. The second kappa shape index (κ2) is 17.5. The van der Waals surface area contributed by atoms with Gasteiger partial charge in [0, 0.05) is 78.5 Å². The summed E-state index contributed by atoms with van der Waals surface area (Å²) in [5, 5.41) is 3.67. The number of rotatable bonds is 2. The molecule has 9 heteroatoms. The summed E-state index contributed by atoms with van der Waals surface area (Å²) in [4.78, 5) is 0. The Morgan fingerprint density at radius 1 is 0.418 bits per heavy atom. The van der Waals surface area contributed by atoms with Gasteiger partial charge in [0.1, 0.15) is 0 Å². The Hall–Kier alpha value is -5.83. The maximum atomic E-state index is 14.2. The van der Waals surface area contributed by atoms with E-state index in [1.807, 2.05) is 121 Å². The molecule has 2 aliphatic carbocycles. The summed E-state index contributed by atoms with van der Waals surface area (Å²) in [6, 6.07) is 35.0. The minimum Gasteiger partial charge on any atom is -0.362 e. The first-order chi connectivity index (χ1) is 26.3. The molecule has 0 amide bonds. The summed E-state index contributed by atoms with van der Waals surface area (Å²) < 4.78 is 84.9. The second-order valence-corrected chi connectivity index (χ2v) is 12.0. The summed E-state index contributed by atoms with van der Waals surface area (Å²) in [6.07, 6.45) is 20.0. The number of halogens is 6. The molecule has 0 N–H and O–H groups in total. The molecule has 2 aromatic heterocycles. The molecule has 0 radical (unpaired) electrons. The van der Waals surface area contributed by atoms with Crippen LogP contribution in [0.15, 0.2) is 146 Å². The summed E-state index contributed by atoms with van der Waals surface area (Å²) in [5.41, 5.74) is 2.78. The largest absolute Gasteiger partial charge is 4.00 e. The Labute approximate surface area is 328 Å². The van der Waals surface area contributed by atoms with Gasteiger partial charge in [-0.25, -0.2) is 41.9 Å². The predicted octanol–water partition coefficient (Wildman–Crippen LogP) is 12.6. The van der Waals surface area contributed by atoms with Crippen molar-refractivity contribution in [2.75, 3.05) is 0 Å². The molecule has 0 unspecified atom stereocenters. The van der Waals surface area contributed by atoms with Gasteiger partial charge in [-0.1, -0.05) is 72.8 Å². The molecule has 0 saturated carbocycles. The zero-order valence-corrected chi connectivity index (χ0v) is 30.5. The standard InChI is InChI=1S/2C18H9F3N.2C5H5.Ti/c2*19-13-9-15(21)18(10-14(13)20)22-16-7-3-1-5-11(16)12-6-2-4-8-17(12)22;2*1-2-4-5-3-1;/h2*1-8,10H;2*1-3H,4H2;/q4*-1;+4. The van der Waals surface area contributed by atoms with Crippen molar-refractivity contribution in [3.63, 3.8) is 0 Å². The first-order valence-corrected chi connectivity index (χ1v) is 16.9. The van der Waals surface area contributed by atoms with E-state index in [1.165, 1.54) is 0 Å². The van der Waals surface area contributed by atoms with Crippen LogP contribution < -0.4 is 0 Å². The molecule has 6 aromatic carbocycles. The number of benzene rings is 6. The summed E-state index contributed by atoms with van der Waals surface area (Å²) in [6.45, 7) is 0. The average molecular weight is 771 g/mol. The van der Waals surface area contributed by atoms with Gasteiger partial charge in [0.2, 0.25) is 0 Å². The van der Waals surface area contributed by atoms with Crippen LogP contribution >= 0.6 is 0 Å². The fraction of sp³-hybridized carbons (Fsp3) is 0.0435. The van der Waals surface area contributed by atoms with Crippen LogP contribution in [0.4, 0.5) is 26.3 Å². The number of aromatic nitrogens is 2. The SMILES string of the molecule is Fc1[c-]c(F)c(-n2c3ccccc3c3ccccc32)cc1F.Fc1[c-]c(F)c(-n2c3ccccc3c3ccccc32)cc1F.[C-]1=CC=CC1.[C-]1=CC=CC1.[Ti+4]. The number of para-hydroxylation sites is 4. The van der Waals surface area contributed by atoms with Crippen molar-refractivity contribution in [2.24, 2.45) is 0 Å². The van der Waals surface area contributed by atoms with Crippen LogP contribution in [0.2, 0.25) is 0 Å². The molecular weight excluding hydrogens is 742 g/mol. The van der Waals surface area contributed by atoms with Gasteiger partial charge in [-0.05, 0) is 35.6 Å². The van der Waals surface area contributed by atoms with Gasteiger partial charge in [-0.2, -0.15) is 12.2 Å². The van der Waals surface area contributed by atoms with Crippen LogP contribution in [0.3, 0.4) is 0 Å². The monoisotopic (exact) mass is 770 g/mol. The Morgan fingerprint density at radius 2 is 0.727 bits per heavy atom. The molecule has 0 fully saturated rings. The topological polar surface area (TPSA) is 9.86 Å². The van der Waals surface area contributed by atoms with Crippen LogP contribution in [0.5, 0.6) is 0 Å². The Kier molecular flexibility index (Phi) is 12.4. The number of nitrogens with zero attached hydrogens (tertiary/aromatic N) is 2. The van der Waals surface area contributed by atoms with Gasteiger partial charge >= 0.3 is 21.7 Å². The van der Waals surface area contributed by atoms with E-state index in [-0.39, 0.29) is 33.1 Å². The Morgan fingerprint density at radius 3 is 0.982 bits per heavy atom. The first-order valence-electron chi connectivity index (χ1n) is 16.9. The summed E-state index contributed by atoms with van der Waals surface area (Å²) in [5.74, 6) is -6.74. The number of allylic oxidation sites excluding steroid dienone is 8. The average Bonchev–Trinajstić information content (AvgIpc) is 4.04. The zero-order valence-electron chi connectivity index (χ0n) is 28.9. The van der Waals surface area contributed by atoms with Gasteiger partial charge < -0.3 is 9.13 Å². The van der Waals surface area contributed by atoms with E-state index in [0.29, 0.717) is 0 Å². The molecule has 268 valence electrons. The van der Waals surface area contributed by atoms with Crippen LogP contribution in [-0.2, 0) is 21.7 Å². The third kappa shape index (κ3) is 8.16. The molecule has 10 rings (SSSR count). The van der Waals surface area contributed by atoms with E-state index < -0.39 is 34.9 Å². The molecule has 0 atom stereocenters. The van der Waals surface area contributed by atoms with Crippen LogP contribution in [-0.4, -0.2) is 9.13 Å². The third-order valence-corrected chi connectivity index (χ3v) is 8.65. The smallest absolute Gasteiger partial charge is 0.362 e. The van der Waals surface area contributed by atoms with Gasteiger partial charge in [-0.3, -0.25) is 20.9 Å². The zero-order chi connectivity index (χ0) is 37.6. The van der Waals surface area contributed by atoms with Crippen molar-refractivity contribution in [1.82, 2.24) is 9.13 Å². The fourth-order valence-corrected chi connectivity index (χ4v) is 6.30. The van der Waals surface area contributed by atoms with Crippen molar-refractivity contribution in [3.05, 3.63) is 205 Å². The quantitative estimate of drug-likeness (QED) is 0.0717. The normalized spacial score (nSPS) is 12.3. The number of hydrogen-bond donors (Lipinski definition) is 0. The van der Waals surface area contributed by atoms with Crippen LogP contribution in [0.25, 0.3) is 55.0 Å². The Balaban J connectivity index is 0.000000147. The van der Waals surface area contributed by atoms with Gasteiger partial charge in [-0.15, -0.1) is 37.1 Å². The molecule has 8 aromatic rings. The molecule has 0 aliphatic heterocycles. The summed E-state index contributed by atoms with van der Waals surface area (Å²) in [7, 11) is 0. The van der Waals surface area contributed by atoms with E-state index in [9.17, 15) is 26.3 Å². The molecule has 55 heavy (non-hydrogen) atoms. The predicted molar refractivity (Wildman–Crippen MR) is 202 cm³/mol. The van der Waals surface area contributed by atoms with Crippen molar-refractivity contribution < 1.29 is 48.1 Å². The molecule has 2 nitrogen and oxygen atoms in total. The van der Waals surface area contributed by atoms with E-state index in [2.05, 4.69) is 24.3 Å². The van der Waals surface area contributed by atoms with Gasteiger partial charge in [0.05, 0.1) is 0 Å². The molecule has 2 aliphatic rings. The molecule has 0 spiro atoms. The summed E-state index contributed by atoms with van der Waals surface area (Å²) >= 11 is 0. The fourth-order valence-electron chi connectivity index (χ4n) is 6.30. The van der Waals surface area contributed by atoms with Crippen molar-refractivity contribution in [2.45, 2.75) is 12.8 Å². The maximum Gasteiger partial charge on any atom is 4.00 e. The minimum atomic E-state index is -1.32. The third-order valence-electron chi connectivity index (χ3n) is 8.65. The molecule has 0 bridgehead atoms. The van der Waals surface area contributed by atoms with E-state index in [0.717, 1.165) is 68.6 Å². The van der Waals surface area contributed by atoms with Crippen molar-refractivity contribution in [3.8, 4) is 11.4 Å². The number of hydrogen-bond acceptors (Lipinski definition) is 0. The van der Waals surface area contributed by atoms with Crippen LogP contribution in [0.1, 0.15) is 12.8 Å². The first kappa shape index (κ1) is 38.9. The van der Waals surface area contributed by atoms with E-state index in [1.54, 1.807) is 21.3 Å². The molecule has 2 heterocycles. The minimum absolute atomic E-state index is 0.